The van der Waals surface area contributed by atoms with Crippen LogP contribution in [0.3, 0.4) is 0 Å². The van der Waals surface area contributed by atoms with Gasteiger partial charge in [-0.1, -0.05) is 54.6 Å². The molecule has 1 fully saturated rings. The summed E-state index contributed by atoms with van der Waals surface area (Å²) in [5.74, 6) is 0.312. The van der Waals surface area contributed by atoms with Crippen molar-refractivity contribution in [3.8, 4) is 5.75 Å². The number of benzene rings is 3. The molecule has 0 bridgehead atoms. The fourth-order valence-corrected chi connectivity index (χ4v) is 6.05. The van der Waals surface area contributed by atoms with Gasteiger partial charge >= 0.3 is 0 Å². The highest BCUT2D eigenvalue weighted by Crippen LogP contribution is 2.23. The zero-order valence-electron chi connectivity index (χ0n) is 24.8. The molecule has 2 N–H and O–H groups in total. The van der Waals surface area contributed by atoms with Gasteiger partial charge in [0, 0.05) is 45.7 Å². The average Bonchev–Trinajstić information content (AvgIpc) is 3.84. The molecule has 10 heteroatoms. The van der Waals surface area contributed by atoms with Crippen LogP contribution in [-0.2, 0) is 43.7 Å². The van der Waals surface area contributed by atoms with Gasteiger partial charge < -0.3 is 19.7 Å². The van der Waals surface area contributed by atoms with Crippen LogP contribution in [0.4, 0.5) is 0 Å². The molecule has 0 radical (unpaired) electrons. The molecule has 2 amide bonds. The van der Waals surface area contributed by atoms with Crippen molar-refractivity contribution in [2.45, 2.75) is 62.0 Å². The Bertz CT molecular complexity index is 1430. The summed E-state index contributed by atoms with van der Waals surface area (Å²) in [6.45, 7) is 1.21. The van der Waals surface area contributed by atoms with Crippen LogP contribution < -0.4 is 14.8 Å². The largest absolute Gasteiger partial charge is 0.497 e. The van der Waals surface area contributed by atoms with Crippen molar-refractivity contribution >= 4 is 21.8 Å². The molecule has 0 heterocycles. The Morgan fingerprint density at radius 2 is 1.58 bits per heavy atom. The zero-order valence-corrected chi connectivity index (χ0v) is 25.6. The summed E-state index contributed by atoms with van der Waals surface area (Å²) in [6.07, 6.45) is 3.31. The number of sulfonamides is 1. The minimum absolute atomic E-state index is 0.0278. The summed E-state index contributed by atoms with van der Waals surface area (Å²) in [6, 6.07) is 23.0. The molecule has 230 valence electrons. The van der Waals surface area contributed by atoms with E-state index in [9.17, 15) is 18.0 Å². The Kier molecular flexibility index (Phi) is 11.7. The first-order chi connectivity index (χ1) is 20.8. The van der Waals surface area contributed by atoms with Crippen molar-refractivity contribution in [2.75, 3.05) is 27.4 Å². The molecule has 1 saturated carbocycles. The van der Waals surface area contributed by atoms with Crippen LogP contribution in [0.2, 0.25) is 0 Å². The highest BCUT2D eigenvalue weighted by molar-refractivity contribution is 7.89. The minimum atomic E-state index is -3.55. The average molecular weight is 608 g/mol. The van der Waals surface area contributed by atoms with Crippen LogP contribution >= 0.6 is 0 Å². The van der Waals surface area contributed by atoms with Gasteiger partial charge in [-0.15, -0.1) is 0 Å². The van der Waals surface area contributed by atoms with E-state index in [1.54, 1.807) is 43.4 Å². The molecule has 1 aliphatic rings. The second-order valence-electron chi connectivity index (χ2n) is 10.8. The van der Waals surface area contributed by atoms with Crippen molar-refractivity contribution in [3.05, 3.63) is 95.6 Å². The number of methoxy groups -OCH3 is 2. The molecule has 1 atom stereocenters. The summed E-state index contributed by atoms with van der Waals surface area (Å²) < 4.78 is 38.2. The van der Waals surface area contributed by atoms with Gasteiger partial charge in [-0.2, -0.15) is 0 Å². The van der Waals surface area contributed by atoms with Crippen LogP contribution in [-0.4, -0.2) is 64.6 Å². The molecule has 9 nitrogen and oxygen atoms in total. The molecule has 3 aromatic rings. The maximum absolute atomic E-state index is 13.9. The van der Waals surface area contributed by atoms with Crippen molar-refractivity contribution in [3.63, 3.8) is 0 Å². The van der Waals surface area contributed by atoms with E-state index in [1.807, 2.05) is 54.6 Å². The van der Waals surface area contributed by atoms with Gasteiger partial charge in [0.15, 0.2) is 0 Å². The van der Waals surface area contributed by atoms with E-state index in [0.29, 0.717) is 38.2 Å². The summed E-state index contributed by atoms with van der Waals surface area (Å²) in [5.41, 5.74) is 2.66. The number of hydrogen-bond donors (Lipinski definition) is 2. The van der Waals surface area contributed by atoms with E-state index in [0.717, 1.165) is 29.5 Å². The van der Waals surface area contributed by atoms with E-state index in [2.05, 4.69) is 10.0 Å². The maximum atomic E-state index is 13.9. The molecule has 0 aromatic heterocycles. The summed E-state index contributed by atoms with van der Waals surface area (Å²) in [4.78, 5) is 29.4. The Hall–Kier alpha value is -3.73. The van der Waals surface area contributed by atoms with Gasteiger partial charge in [0.2, 0.25) is 21.8 Å². The fraction of sp³-hybridized carbons (Fsp3) is 0.394. The van der Waals surface area contributed by atoms with Gasteiger partial charge in [-0.25, -0.2) is 13.1 Å². The van der Waals surface area contributed by atoms with E-state index >= 15 is 0 Å². The smallest absolute Gasteiger partial charge is 0.243 e. The molecule has 43 heavy (non-hydrogen) atoms. The SMILES string of the molecule is COCCCNC(=O)[C@@H](Cc1ccccc1)N(Cc1ccc(OC)cc1)C(=O)CCc1ccc(S(=O)(=O)NC2CC2)cc1. The standard InChI is InChI=1S/C33H41N3O6S/c1-41-22-6-21-34-33(38)31(23-26-7-4-3-5-8-26)36(24-27-9-16-29(42-2)17-10-27)32(37)20-13-25-11-18-30(19-12-25)43(39,40)35-28-14-15-28/h3-5,7-12,16-19,28,31,35H,6,13-15,20-24H2,1-2H3,(H,34,38)/t31-/m1/s1. The number of rotatable bonds is 17. The lowest BCUT2D eigenvalue weighted by atomic mass is 10.0. The quantitative estimate of drug-likeness (QED) is 0.225. The van der Waals surface area contributed by atoms with Crippen LogP contribution in [0, 0.1) is 0 Å². The molecule has 0 aliphatic heterocycles. The first kappa shape index (κ1) is 32.2. The van der Waals surface area contributed by atoms with Crippen LogP contribution in [0.15, 0.2) is 83.8 Å². The van der Waals surface area contributed by atoms with Crippen LogP contribution in [0.1, 0.15) is 42.4 Å². The molecule has 0 spiro atoms. The van der Waals surface area contributed by atoms with Gasteiger partial charge in [0.25, 0.3) is 0 Å². The van der Waals surface area contributed by atoms with E-state index < -0.39 is 16.1 Å². The van der Waals surface area contributed by atoms with Gasteiger partial charge in [-0.05, 0) is 66.6 Å². The van der Waals surface area contributed by atoms with E-state index in [-0.39, 0.29) is 35.7 Å². The molecular formula is C33H41N3O6S. The maximum Gasteiger partial charge on any atom is 0.243 e. The number of nitrogens with zero attached hydrogens (tertiary/aromatic N) is 1. The number of amides is 2. The summed E-state index contributed by atoms with van der Waals surface area (Å²) >= 11 is 0. The highest BCUT2D eigenvalue weighted by Gasteiger charge is 2.30. The predicted molar refractivity (Wildman–Crippen MR) is 165 cm³/mol. The van der Waals surface area contributed by atoms with Crippen molar-refractivity contribution in [1.29, 1.82) is 0 Å². The number of carbonyl (C=O) groups excluding carboxylic acids is 2. The molecule has 1 aliphatic carbocycles. The molecule has 3 aromatic carbocycles. The number of carbonyl (C=O) groups is 2. The predicted octanol–water partition coefficient (Wildman–Crippen LogP) is 3.86. The number of hydrogen-bond acceptors (Lipinski definition) is 6. The van der Waals surface area contributed by atoms with Crippen molar-refractivity contribution < 1.29 is 27.5 Å². The second-order valence-corrected chi connectivity index (χ2v) is 12.5. The fourth-order valence-electron chi connectivity index (χ4n) is 4.75. The van der Waals surface area contributed by atoms with Crippen LogP contribution in [0.25, 0.3) is 0 Å². The first-order valence-corrected chi connectivity index (χ1v) is 16.1. The molecular weight excluding hydrogens is 566 g/mol. The van der Waals surface area contributed by atoms with Gasteiger partial charge in [0.05, 0.1) is 12.0 Å². The molecule has 4 rings (SSSR count). The third-order valence-corrected chi connectivity index (χ3v) is 8.90. The van der Waals surface area contributed by atoms with Gasteiger partial charge in [-0.3, -0.25) is 9.59 Å². The Morgan fingerprint density at radius 1 is 0.907 bits per heavy atom. The lowest BCUT2D eigenvalue weighted by molar-refractivity contribution is -0.141. The normalized spacial score (nSPS) is 13.7. The lowest BCUT2D eigenvalue weighted by Gasteiger charge is -2.32. The third kappa shape index (κ3) is 9.91. The van der Waals surface area contributed by atoms with Crippen molar-refractivity contribution in [1.82, 2.24) is 14.9 Å². The minimum Gasteiger partial charge on any atom is -0.497 e. The number of ether oxygens (including phenoxy) is 2. The zero-order chi connectivity index (χ0) is 30.7. The monoisotopic (exact) mass is 607 g/mol. The third-order valence-electron chi connectivity index (χ3n) is 7.37. The summed E-state index contributed by atoms with van der Waals surface area (Å²) in [7, 11) is -0.331. The highest BCUT2D eigenvalue weighted by atomic mass is 32.2. The lowest BCUT2D eigenvalue weighted by Crippen LogP contribution is -2.50. The Morgan fingerprint density at radius 3 is 2.21 bits per heavy atom. The second kappa shape index (κ2) is 15.7. The van der Waals surface area contributed by atoms with Gasteiger partial charge in [0.1, 0.15) is 11.8 Å². The Balaban J connectivity index is 1.53. The molecule has 0 saturated heterocycles. The number of aryl methyl sites for hydroxylation is 1. The first-order valence-electron chi connectivity index (χ1n) is 14.6. The topological polar surface area (TPSA) is 114 Å². The van der Waals surface area contributed by atoms with E-state index in [4.69, 9.17) is 9.47 Å². The molecule has 0 unspecified atom stereocenters. The number of nitrogens with one attached hydrogen (secondary N) is 2. The van der Waals surface area contributed by atoms with Crippen LogP contribution in [0.5, 0.6) is 5.75 Å². The summed E-state index contributed by atoms with van der Waals surface area (Å²) in [5, 5.41) is 2.99. The van der Waals surface area contributed by atoms with E-state index in [1.165, 1.54) is 0 Å². The van der Waals surface area contributed by atoms with Crippen molar-refractivity contribution in [2.24, 2.45) is 0 Å². The Labute approximate surface area is 254 Å².